The van der Waals surface area contributed by atoms with Gasteiger partial charge in [-0.25, -0.2) is 0 Å². The Morgan fingerprint density at radius 1 is 1.05 bits per heavy atom. The molecular weight excluding hydrogens is 334 g/mol. The molecule has 1 unspecified atom stereocenters. The van der Waals surface area contributed by atoms with Crippen molar-refractivity contribution in [1.82, 2.24) is 0 Å². The van der Waals surface area contributed by atoms with E-state index in [0.717, 1.165) is 12.8 Å². The van der Waals surface area contributed by atoms with Crippen molar-refractivity contribution in [2.45, 2.75) is 57.1 Å². The van der Waals surface area contributed by atoms with E-state index in [1.165, 1.54) is 0 Å². The Morgan fingerprint density at radius 3 is 1.86 bits per heavy atom. The SMILES string of the molecule is CC(C)CCCCCC(CC(=O)O)(C(=O)O)S(=O)(=O)O.[Na].[Na]. The Balaban J connectivity index is -0.00000180. The summed E-state index contributed by atoms with van der Waals surface area (Å²) < 4.78 is 29.1. The number of carboxylic acid groups (broad SMARTS) is 2. The van der Waals surface area contributed by atoms with Crippen molar-refractivity contribution < 1.29 is 32.8 Å². The van der Waals surface area contributed by atoms with Crippen LogP contribution in [0.25, 0.3) is 0 Å². The van der Waals surface area contributed by atoms with Crippen LogP contribution in [0.3, 0.4) is 0 Å². The average Bonchev–Trinajstić information content (AvgIpc) is 2.23. The summed E-state index contributed by atoms with van der Waals surface area (Å²) >= 11 is 0. The molecule has 0 saturated carbocycles. The van der Waals surface area contributed by atoms with Crippen molar-refractivity contribution in [1.29, 1.82) is 0 Å². The van der Waals surface area contributed by atoms with Crippen LogP contribution in [0.5, 0.6) is 0 Å². The molecule has 0 bridgehead atoms. The van der Waals surface area contributed by atoms with Crippen LogP contribution in [0.4, 0.5) is 0 Å². The van der Waals surface area contributed by atoms with E-state index in [2.05, 4.69) is 0 Å². The van der Waals surface area contributed by atoms with Gasteiger partial charge < -0.3 is 10.2 Å². The zero-order chi connectivity index (χ0) is 16.0. The van der Waals surface area contributed by atoms with Gasteiger partial charge >= 0.3 is 11.9 Å². The Kier molecular flexibility index (Phi) is 15.4. The van der Waals surface area contributed by atoms with Crippen LogP contribution in [0.15, 0.2) is 0 Å². The predicted molar refractivity (Wildman–Crippen MR) is 83.6 cm³/mol. The third-order valence-corrected chi connectivity index (χ3v) is 4.69. The van der Waals surface area contributed by atoms with Crippen LogP contribution in [0.2, 0.25) is 0 Å². The Hall–Kier alpha value is 0.850. The van der Waals surface area contributed by atoms with E-state index in [9.17, 15) is 18.0 Å². The Bertz CT molecular complexity index is 450. The van der Waals surface area contributed by atoms with Gasteiger partial charge in [-0.05, 0) is 12.3 Å². The molecule has 2 radical (unpaired) electrons. The molecule has 120 valence electrons. The normalized spacial score (nSPS) is 13.6. The first kappa shape index (κ1) is 27.7. The van der Waals surface area contributed by atoms with E-state index >= 15 is 0 Å². The van der Waals surface area contributed by atoms with Crippen molar-refractivity contribution in [3.05, 3.63) is 0 Å². The molecule has 0 saturated heterocycles. The quantitative estimate of drug-likeness (QED) is 0.303. The van der Waals surface area contributed by atoms with E-state index in [1.54, 1.807) is 0 Å². The molecule has 10 heteroatoms. The van der Waals surface area contributed by atoms with Crippen LogP contribution in [0, 0.1) is 5.92 Å². The zero-order valence-corrected chi connectivity index (χ0v) is 18.5. The molecule has 0 spiro atoms. The summed E-state index contributed by atoms with van der Waals surface area (Å²) in [4.78, 5) is 21.9. The largest absolute Gasteiger partial charge is 0.481 e. The van der Waals surface area contributed by atoms with E-state index in [-0.39, 0.29) is 65.5 Å². The van der Waals surface area contributed by atoms with Crippen LogP contribution in [-0.2, 0) is 19.7 Å². The molecule has 0 aliphatic carbocycles. The smallest absolute Gasteiger partial charge is 0.328 e. The second-order valence-corrected chi connectivity index (χ2v) is 7.07. The van der Waals surface area contributed by atoms with Gasteiger partial charge in [0, 0.05) is 59.1 Å². The summed E-state index contributed by atoms with van der Waals surface area (Å²) in [5.74, 6) is -2.92. The van der Waals surface area contributed by atoms with E-state index in [0.29, 0.717) is 12.3 Å². The number of carbonyl (C=O) groups is 2. The third-order valence-electron chi connectivity index (χ3n) is 3.18. The summed E-state index contributed by atoms with van der Waals surface area (Å²) in [7, 11) is -5.00. The van der Waals surface area contributed by atoms with Gasteiger partial charge in [-0.15, -0.1) is 0 Å². The van der Waals surface area contributed by atoms with Gasteiger partial charge in [0.2, 0.25) is 4.75 Å². The fourth-order valence-corrected chi connectivity index (χ4v) is 2.91. The fraction of sp³-hybridized carbons (Fsp3) is 0.833. The van der Waals surface area contributed by atoms with E-state index in [4.69, 9.17) is 14.8 Å². The molecule has 0 aliphatic rings. The summed E-state index contributed by atoms with van der Waals surface area (Å²) in [6, 6.07) is 0. The maximum absolute atomic E-state index is 11.3. The predicted octanol–water partition coefficient (Wildman–Crippen LogP) is 1.02. The molecule has 0 aromatic carbocycles. The number of aliphatic carboxylic acids is 2. The summed E-state index contributed by atoms with van der Waals surface area (Å²) in [6.45, 7) is 4.06. The van der Waals surface area contributed by atoms with Crippen LogP contribution >= 0.6 is 0 Å². The molecule has 0 aliphatic heterocycles. The molecule has 0 aromatic heterocycles. The van der Waals surface area contributed by atoms with Crippen LogP contribution < -0.4 is 0 Å². The minimum absolute atomic E-state index is 0. The molecule has 0 amide bonds. The van der Waals surface area contributed by atoms with E-state index in [1.807, 2.05) is 13.8 Å². The second-order valence-electron chi connectivity index (χ2n) is 5.34. The summed E-state index contributed by atoms with van der Waals surface area (Å²) in [5, 5.41) is 17.7. The third kappa shape index (κ3) is 9.22. The van der Waals surface area contributed by atoms with Gasteiger partial charge in [0.25, 0.3) is 10.1 Å². The molecular formula is C12H22Na2O7S. The van der Waals surface area contributed by atoms with Crippen molar-refractivity contribution in [2.24, 2.45) is 5.92 Å². The minimum Gasteiger partial charge on any atom is -0.481 e. The summed E-state index contributed by atoms with van der Waals surface area (Å²) in [6.07, 6.45) is 0.974. The Morgan fingerprint density at radius 2 is 1.55 bits per heavy atom. The minimum atomic E-state index is -5.00. The number of hydrogen-bond donors (Lipinski definition) is 3. The monoisotopic (exact) mass is 356 g/mol. The standard InChI is InChI=1S/C12H22O7S.2Na/c1-9(2)6-4-3-5-7-12(11(15)16,8-10(13)14)20(17,18)19;;/h9H,3-8H2,1-2H3,(H,13,14)(H,15,16)(H,17,18,19);;. The van der Waals surface area contributed by atoms with E-state index < -0.39 is 39.6 Å². The Labute approximate surface area is 175 Å². The number of rotatable bonds is 10. The van der Waals surface area contributed by atoms with Crippen molar-refractivity contribution in [3.8, 4) is 0 Å². The first-order valence-electron chi connectivity index (χ1n) is 6.45. The maximum Gasteiger partial charge on any atom is 0.328 e. The van der Waals surface area contributed by atoms with Crippen LogP contribution in [0.1, 0.15) is 52.4 Å². The van der Waals surface area contributed by atoms with Crippen LogP contribution in [-0.4, -0.2) is 99.0 Å². The molecule has 0 heterocycles. The average molecular weight is 356 g/mol. The van der Waals surface area contributed by atoms with Gasteiger partial charge in [-0.2, -0.15) is 8.42 Å². The molecule has 0 fully saturated rings. The molecule has 0 aromatic rings. The van der Waals surface area contributed by atoms with Crippen molar-refractivity contribution >= 4 is 81.2 Å². The molecule has 3 N–H and O–H groups in total. The topological polar surface area (TPSA) is 129 Å². The second kappa shape index (κ2) is 12.2. The van der Waals surface area contributed by atoms with Crippen molar-refractivity contribution in [3.63, 3.8) is 0 Å². The molecule has 0 rings (SSSR count). The van der Waals surface area contributed by atoms with Gasteiger partial charge in [0.15, 0.2) is 0 Å². The molecule has 7 nitrogen and oxygen atoms in total. The van der Waals surface area contributed by atoms with Gasteiger partial charge in [0.1, 0.15) is 0 Å². The zero-order valence-electron chi connectivity index (χ0n) is 13.7. The van der Waals surface area contributed by atoms with Gasteiger partial charge in [0.05, 0.1) is 6.42 Å². The van der Waals surface area contributed by atoms with Gasteiger partial charge in [-0.3, -0.25) is 14.1 Å². The molecule has 22 heavy (non-hydrogen) atoms. The number of unbranched alkanes of at least 4 members (excludes halogenated alkanes) is 2. The maximum atomic E-state index is 11.3. The number of carboxylic acids is 2. The first-order valence-corrected chi connectivity index (χ1v) is 7.89. The van der Waals surface area contributed by atoms with Gasteiger partial charge in [-0.1, -0.05) is 39.5 Å². The first-order chi connectivity index (χ1) is 9.03. The molecule has 1 atom stereocenters. The number of hydrogen-bond acceptors (Lipinski definition) is 4. The summed E-state index contributed by atoms with van der Waals surface area (Å²) in [5.41, 5.74) is 0. The van der Waals surface area contributed by atoms with Crippen molar-refractivity contribution in [2.75, 3.05) is 0 Å². The fourth-order valence-electron chi connectivity index (χ4n) is 1.99.